The molecule has 1 unspecified atom stereocenters. The Kier molecular flexibility index (Phi) is 7.11. The number of hydrogen-bond donors (Lipinski definition) is 1. The van der Waals surface area contributed by atoms with E-state index in [1.54, 1.807) is 57.3 Å². The Morgan fingerprint density at radius 2 is 1.82 bits per heavy atom. The summed E-state index contributed by atoms with van der Waals surface area (Å²) < 4.78 is 0. The quantitative estimate of drug-likeness (QED) is 0.719. The predicted molar refractivity (Wildman–Crippen MR) is 128 cm³/mol. The van der Waals surface area contributed by atoms with Gasteiger partial charge in [0.25, 0.3) is 5.91 Å². The van der Waals surface area contributed by atoms with Gasteiger partial charge in [-0.15, -0.1) is 0 Å². The van der Waals surface area contributed by atoms with E-state index in [9.17, 15) is 14.7 Å². The Labute approximate surface area is 194 Å². The maximum atomic E-state index is 13.2. The molecule has 7 nitrogen and oxygen atoms in total. The molecule has 2 aliphatic heterocycles. The van der Waals surface area contributed by atoms with E-state index in [0.29, 0.717) is 23.7 Å². The number of oxime groups is 1. The molecule has 0 fully saturated rings. The van der Waals surface area contributed by atoms with Gasteiger partial charge in [0.05, 0.1) is 11.3 Å². The Hall–Kier alpha value is -3.74. The first-order valence-electron chi connectivity index (χ1n) is 11.0. The fourth-order valence-corrected chi connectivity index (χ4v) is 3.61. The van der Waals surface area contributed by atoms with Crippen LogP contribution >= 0.6 is 0 Å². The molecule has 2 aliphatic rings. The van der Waals surface area contributed by atoms with Gasteiger partial charge >= 0.3 is 0 Å². The molecule has 0 radical (unpaired) electrons. The number of anilines is 1. The smallest absolute Gasteiger partial charge is 0.294 e. The van der Waals surface area contributed by atoms with Crippen LogP contribution in [0.2, 0.25) is 0 Å². The summed E-state index contributed by atoms with van der Waals surface area (Å²) in [5.74, 6) is -1.46. The van der Waals surface area contributed by atoms with Gasteiger partial charge in [-0.25, -0.2) is 0 Å². The highest BCUT2D eigenvalue weighted by atomic mass is 16.6. The molecule has 1 aromatic carbocycles. The largest absolute Gasteiger partial charge is 0.503 e. The number of ketones is 1. The maximum absolute atomic E-state index is 13.2. The monoisotopic (exact) mass is 447 g/mol. The summed E-state index contributed by atoms with van der Waals surface area (Å²) >= 11 is 0. The predicted octanol–water partition coefficient (Wildman–Crippen LogP) is 4.91. The van der Waals surface area contributed by atoms with Gasteiger partial charge in [0, 0.05) is 22.9 Å². The van der Waals surface area contributed by atoms with E-state index in [-0.39, 0.29) is 11.4 Å². The second-order valence-corrected chi connectivity index (χ2v) is 8.40. The molecule has 2 aromatic rings. The third-order valence-corrected chi connectivity index (χ3v) is 5.15. The van der Waals surface area contributed by atoms with E-state index < -0.39 is 23.1 Å². The molecule has 1 amide bonds. The number of aliphatic hydroxyl groups is 1. The standard InChI is InChI=1S/C24H23N3O4.C2H6/c1-24(2,3)22(29)19-20(18-7-4-5-13-25-18)27(23(30)21(19)28)16-11-9-15(10-12-16)17-8-6-14-31-26-17;1-2/h4-13,20,28H,14H2,1-3H3;1-2H3. The maximum Gasteiger partial charge on any atom is 0.294 e. The third kappa shape index (κ3) is 4.72. The van der Waals surface area contributed by atoms with Crippen molar-refractivity contribution < 1.29 is 19.5 Å². The molecule has 0 spiro atoms. The average molecular weight is 448 g/mol. The van der Waals surface area contributed by atoms with E-state index in [0.717, 1.165) is 5.56 Å². The van der Waals surface area contributed by atoms with Crippen LogP contribution in [-0.4, -0.2) is 34.1 Å². The Morgan fingerprint density at radius 3 is 2.36 bits per heavy atom. The molecule has 33 heavy (non-hydrogen) atoms. The van der Waals surface area contributed by atoms with Gasteiger partial charge in [-0.1, -0.05) is 58.0 Å². The molecule has 1 N–H and O–H groups in total. The molecule has 4 rings (SSSR count). The molecule has 0 saturated heterocycles. The van der Waals surface area contributed by atoms with Crippen LogP contribution in [0, 0.1) is 5.41 Å². The van der Waals surface area contributed by atoms with Crippen LogP contribution in [0.5, 0.6) is 0 Å². The number of rotatable bonds is 4. The van der Waals surface area contributed by atoms with E-state index in [1.807, 2.05) is 38.1 Å². The van der Waals surface area contributed by atoms with E-state index >= 15 is 0 Å². The lowest BCUT2D eigenvalue weighted by Crippen LogP contribution is -2.33. The Bertz CT molecular complexity index is 1110. The van der Waals surface area contributed by atoms with Crippen LogP contribution in [0.3, 0.4) is 0 Å². The van der Waals surface area contributed by atoms with E-state index in [1.165, 1.54) is 4.90 Å². The number of pyridine rings is 1. The van der Waals surface area contributed by atoms with E-state index in [2.05, 4.69) is 10.1 Å². The van der Waals surface area contributed by atoms with Crippen LogP contribution in [0.15, 0.2) is 77.3 Å². The van der Waals surface area contributed by atoms with Crippen molar-refractivity contribution in [3.63, 3.8) is 0 Å². The van der Waals surface area contributed by atoms with Crippen molar-refractivity contribution in [2.45, 2.75) is 40.7 Å². The first kappa shape index (κ1) is 23.9. The normalized spacial score (nSPS) is 17.8. The second-order valence-electron chi connectivity index (χ2n) is 8.40. The van der Waals surface area contributed by atoms with Gasteiger partial charge in [0.2, 0.25) is 0 Å². The minimum atomic E-state index is -0.818. The molecular weight excluding hydrogens is 418 g/mol. The first-order chi connectivity index (χ1) is 15.8. The Morgan fingerprint density at radius 1 is 1.12 bits per heavy atom. The summed E-state index contributed by atoms with van der Waals surface area (Å²) in [6.45, 7) is 9.71. The van der Waals surface area contributed by atoms with Gasteiger partial charge in [-0.05, 0) is 36.4 Å². The summed E-state index contributed by atoms with van der Waals surface area (Å²) in [6, 6.07) is 11.6. The zero-order chi connectivity index (χ0) is 24.2. The van der Waals surface area contributed by atoms with Gasteiger partial charge in [0.1, 0.15) is 18.4 Å². The second kappa shape index (κ2) is 9.81. The third-order valence-electron chi connectivity index (χ3n) is 5.15. The van der Waals surface area contributed by atoms with Gasteiger partial charge < -0.3 is 9.94 Å². The van der Waals surface area contributed by atoms with Gasteiger partial charge in [-0.3, -0.25) is 19.5 Å². The van der Waals surface area contributed by atoms with Crippen LogP contribution in [0.4, 0.5) is 5.69 Å². The lowest BCUT2D eigenvalue weighted by Gasteiger charge is -2.28. The average Bonchev–Trinajstić information content (AvgIpc) is 3.11. The zero-order valence-electron chi connectivity index (χ0n) is 19.6. The summed E-state index contributed by atoms with van der Waals surface area (Å²) in [7, 11) is 0. The SMILES string of the molecule is CC.CC(C)(C)C(=O)C1=C(O)C(=O)N(c2ccc(C3=NOCC=C3)cc2)C1c1ccccn1. The number of aromatic nitrogens is 1. The highest BCUT2D eigenvalue weighted by Gasteiger charge is 2.47. The first-order valence-corrected chi connectivity index (χ1v) is 11.0. The lowest BCUT2D eigenvalue weighted by molar-refractivity contribution is -0.123. The molecule has 0 aliphatic carbocycles. The molecule has 172 valence electrons. The van der Waals surface area contributed by atoms with Crippen molar-refractivity contribution in [1.29, 1.82) is 0 Å². The fraction of sp³-hybridized carbons (Fsp3) is 0.308. The fourth-order valence-electron chi connectivity index (χ4n) is 3.61. The van der Waals surface area contributed by atoms with Crippen molar-refractivity contribution in [3.8, 4) is 0 Å². The number of Topliss-reactive ketones (excluding diaryl/α,β-unsaturated/α-hetero) is 1. The molecule has 7 heteroatoms. The molecular formula is C26H29N3O4. The molecule has 0 bridgehead atoms. The molecule has 1 atom stereocenters. The van der Waals surface area contributed by atoms with Gasteiger partial charge in [0.15, 0.2) is 11.5 Å². The molecule has 3 heterocycles. The van der Waals surface area contributed by atoms with E-state index in [4.69, 9.17) is 4.84 Å². The number of amides is 1. The highest BCUT2D eigenvalue weighted by Crippen LogP contribution is 2.42. The number of aliphatic hydroxyl groups excluding tert-OH is 1. The van der Waals surface area contributed by atoms with Crippen molar-refractivity contribution in [2.24, 2.45) is 10.6 Å². The minimum absolute atomic E-state index is 0.0632. The van der Waals surface area contributed by atoms with Crippen molar-refractivity contribution in [1.82, 2.24) is 4.98 Å². The van der Waals surface area contributed by atoms with Crippen LogP contribution < -0.4 is 4.90 Å². The summed E-state index contributed by atoms with van der Waals surface area (Å²) in [5.41, 5.74) is 1.83. The Balaban J connectivity index is 0.00000149. The number of allylic oxidation sites excluding steroid dienone is 1. The van der Waals surface area contributed by atoms with Crippen LogP contribution in [-0.2, 0) is 14.4 Å². The molecule has 1 aromatic heterocycles. The number of carbonyl (C=O) groups is 2. The summed E-state index contributed by atoms with van der Waals surface area (Å²) in [6.07, 6.45) is 5.33. The number of carbonyl (C=O) groups excluding carboxylic acids is 2. The van der Waals surface area contributed by atoms with Crippen LogP contribution in [0.1, 0.15) is 51.9 Å². The van der Waals surface area contributed by atoms with Crippen LogP contribution in [0.25, 0.3) is 0 Å². The van der Waals surface area contributed by atoms with Crippen molar-refractivity contribution in [3.05, 3.63) is 83.4 Å². The van der Waals surface area contributed by atoms with Gasteiger partial charge in [-0.2, -0.15) is 0 Å². The van der Waals surface area contributed by atoms with Crippen molar-refractivity contribution >= 4 is 23.1 Å². The summed E-state index contributed by atoms with van der Waals surface area (Å²) in [5, 5.41) is 14.7. The number of hydrogen-bond acceptors (Lipinski definition) is 6. The highest BCUT2D eigenvalue weighted by molar-refractivity contribution is 6.17. The zero-order valence-corrected chi connectivity index (χ0v) is 19.6. The van der Waals surface area contributed by atoms with Crippen molar-refractivity contribution in [2.75, 3.05) is 11.5 Å². The lowest BCUT2D eigenvalue weighted by atomic mass is 9.83. The number of nitrogens with zero attached hydrogens (tertiary/aromatic N) is 3. The topological polar surface area (TPSA) is 92.1 Å². The minimum Gasteiger partial charge on any atom is -0.503 e. The summed E-state index contributed by atoms with van der Waals surface area (Å²) in [4.78, 5) is 37.2. The number of benzene rings is 1. The molecule has 0 saturated carbocycles.